The first-order valence-corrected chi connectivity index (χ1v) is 7.67. The van der Waals surface area contributed by atoms with E-state index in [2.05, 4.69) is 4.90 Å². The summed E-state index contributed by atoms with van der Waals surface area (Å²) in [4.78, 5) is 16.2. The minimum Gasteiger partial charge on any atom is -0.445 e. The van der Waals surface area contributed by atoms with Crippen molar-refractivity contribution in [3.63, 3.8) is 0 Å². The predicted molar refractivity (Wildman–Crippen MR) is 82.9 cm³/mol. The van der Waals surface area contributed by atoms with E-state index in [4.69, 9.17) is 10.5 Å². The van der Waals surface area contributed by atoms with E-state index >= 15 is 0 Å². The van der Waals surface area contributed by atoms with Crippen LogP contribution in [0.5, 0.6) is 0 Å². The lowest BCUT2D eigenvalue weighted by Crippen LogP contribution is -2.49. The van der Waals surface area contributed by atoms with Gasteiger partial charge in [0, 0.05) is 26.2 Å². The summed E-state index contributed by atoms with van der Waals surface area (Å²) in [6, 6.07) is 9.77. The molecule has 1 heterocycles. The molecule has 0 unspecified atom stereocenters. The Balaban J connectivity index is 1.66. The van der Waals surface area contributed by atoms with Crippen molar-refractivity contribution in [3.8, 4) is 0 Å². The second kappa shape index (κ2) is 8.64. The maximum atomic E-state index is 12.0. The summed E-state index contributed by atoms with van der Waals surface area (Å²) in [5, 5.41) is 0. The number of nitrogens with zero attached hydrogens (tertiary/aromatic N) is 2. The van der Waals surface area contributed by atoms with Gasteiger partial charge in [-0.1, -0.05) is 30.3 Å². The molecule has 116 valence electrons. The molecule has 2 N–H and O–H groups in total. The molecule has 0 radical (unpaired) electrons. The third-order valence-electron chi connectivity index (χ3n) is 3.76. The smallest absolute Gasteiger partial charge is 0.410 e. The largest absolute Gasteiger partial charge is 0.445 e. The molecule has 0 saturated carbocycles. The van der Waals surface area contributed by atoms with Crippen molar-refractivity contribution < 1.29 is 9.53 Å². The second-order valence-corrected chi connectivity index (χ2v) is 5.36. The topological polar surface area (TPSA) is 58.8 Å². The van der Waals surface area contributed by atoms with Gasteiger partial charge in [0.15, 0.2) is 0 Å². The molecular formula is C16H25N3O2. The van der Waals surface area contributed by atoms with Gasteiger partial charge < -0.3 is 15.4 Å². The second-order valence-electron chi connectivity index (χ2n) is 5.36. The number of carbonyl (C=O) groups is 1. The van der Waals surface area contributed by atoms with E-state index in [1.807, 2.05) is 30.3 Å². The SMILES string of the molecule is NCCCCN1CCN(C(=O)OCc2ccccc2)CC1. The van der Waals surface area contributed by atoms with Gasteiger partial charge in [0.2, 0.25) is 0 Å². The van der Waals surface area contributed by atoms with Crippen molar-refractivity contribution in [1.29, 1.82) is 0 Å². The van der Waals surface area contributed by atoms with Gasteiger partial charge in [-0.15, -0.1) is 0 Å². The van der Waals surface area contributed by atoms with Crippen LogP contribution in [-0.4, -0.2) is 55.2 Å². The van der Waals surface area contributed by atoms with Crippen molar-refractivity contribution in [3.05, 3.63) is 35.9 Å². The summed E-state index contributed by atoms with van der Waals surface area (Å²) < 4.78 is 5.35. The number of unbranched alkanes of at least 4 members (excludes halogenated alkanes) is 1. The fraction of sp³-hybridized carbons (Fsp3) is 0.562. The monoisotopic (exact) mass is 291 g/mol. The van der Waals surface area contributed by atoms with Crippen LogP contribution in [0.25, 0.3) is 0 Å². The first-order chi connectivity index (χ1) is 10.3. The third kappa shape index (κ3) is 5.36. The van der Waals surface area contributed by atoms with Crippen molar-refractivity contribution in [1.82, 2.24) is 9.80 Å². The van der Waals surface area contributed by atoms with Gasteiger partial charge in [-0.3, -0.25) is 4.90 Å². The summed E-state index contributed by atoms with van der Waals surface area (Å²) in [7, 11) is 0. The summed E-state index contributed by atoms with van der Waals surface area (Å²) in [5.74, 6) is 0. The highest BCUT2D eigenvalue weighted by Gasteiger charge is 2.21. The molecule has 1 amide bonds. The quantitative estimate of drug-likeness (QED) is 0.810. The molecule has 2 rings (SSSR count). The maximum absolute atomic E-state index is 12.0. The highest BCUT2D eigenvalue weighted by molar-refractivity contribution is 5.67. The van der Waals surface area contributed by atoms with Crippen LogP contribution in [-0.2, 0) is 11.3 Å². The van der Waals surface area contributed by atoms with Gasteiger partial charge in [0.1, 0.15) is 6.61 Å². The molecule has 5 heteroatoms. The summed E-state index contributed by atoms with van der Waals surface area (Å²) >= 11 is 0. The number of benzene rings is 1. The van der Waals surface area contributed by atoms with Crippen molar-refractivity contribution in [2.75, 3.05) is 39.3 Å². The summed E-state index contributed by atoms with van der Waals surface area (Å²) in [5.41, 5.74) is 6.52. The van der Waals surface area contributed by atoms with Crippen LogP contribution in [0.4, 0.5) is 4.79 Å². The van der Waals surface area contributed by atoms with E-state index in [-0.39, 0.29) is 6.09 Å². The number of piperazine rings is 1. The van der Waals surface area contributed by atoms with Crippen molar-refractivity contribution >= 4 is 6.09 Å². The molecule has 0 aliphatic carbocycles. The van der Waals surface area contributed by atoms with Gasteiger partial charge in [0.25, 0.3) is 0 Å². The lowest BCUT2D eigenvalue weighted by Gasteiger charge is -2.34. The standard InChI is InChI=1S/C16H25N3O2/c17-8-4-5-9-18-10-12-19(13-11-18)16(20)21-14-15-6-2-1-3-7-15/h1-3,6-7H,4-5,8-14,17H2. The highest BCUT2D eigenvalue weighted by atomic mass is 16.6. The van der Waals surface area contributed by atoms with E-state index in [0.717, 1.165) is 57.7 Å². The first kappa shape index (κ1) is 15.8. The van der Waals surface area contributed by atoms with Crippen LogP contribution < -0.4 is 5.73 Å². The number of nitrogens with two attached hydrogens (primary N) is 1. The Labute approximate surface area is 126 Å². The number of hydrogen-bond acceptors (Lipinski definition) is 4. The van der Waals surface area contributed by atoms with Gasteiger partial charge in [-0.25, -0.2) is 4.79 Å². The molecule has 5 nitrogen and oxygen atoms in total. The van der Waals surface area contributed by atoms with E-state index in [1.165, 1.54) is 0 Å². The number of ether oxygens (including phenoxy) is 1. The molecule has 0 atom stereocenters. The molecule has 1 fully saturated rings. The van der Waals surface area contributed by atoms with E-state index in [0.29, 0.717) is 6.61 Å². The fourth-order valence-electron chi connectivity index (χ4n) is 2.44. The number of amides is 1. The van der Waals surface area contributed by atoms with E-state index in [1.54, 1.807) is 4.90 Å². The molecule has 0 aromatic heterocycles. The lowest BCUT2D eigenvalue weighted by molar-refractivity contribution is 0.0713. The van der Waals surface area contributed by atoms with Gasteiger partial charge in [-0.2, -0.15) is 0 Å². The molecule has 1 saturated heterocycles. The van der Waals surface area contributed by atoms with Crippen LogP contribution >= 0.6 is 0 Å². The van der Waals surface area contributed by atoms with Crippen LogP contribution in [0.2, 0.25) is 0 Å². The zero-order valence-corrected chi connectivity index (χ0v) is 12.5. The summed E-state index contributed by atoms with van der Waals surface area (Å²) in [6.07, 6.45) is 1.99. The molecule has 1 aromatic rings. The molecule has 1 aliphatic rings. The number of hydrogen-bond donors (Lipinski definition) is 1. The predicted octanol–water partition coefficient (Wildman–Crippen LogP) is 1.68. The van der Waals surface area contributed by atoms with Crippen LogP contribution in [0.3, 0.4) is 0 Å². The molecule has 0 spiro atoms. The molecule has 1 aromatic carbocycles. The van der Waals surface area contributed by atoms with E-state index in [9.17, 15) is 4.79 Å². The Hall–Kier alpha value is -1.59. The zero-order chi connectivity index (χ0) is 14.9. The Morgan fingerprint density at radius 1 is 1.10 bits per heavy atom. The fourth-order valence-corrected chi connectivity index (χ4v) is 2.44. The van der Waals surface area contributed by atoms with Crippen molar-refractivity contribution in [2.45, 2.75) is 19.4 Å². The number of carbonyl (C=O) groups excluding carboxylic acids is 1. The van der Waals surface area contributed by atoms with Gasteiger partial charge in [0.05, 0.1) is 0 Å². The average molecular weight is 291 g/mol. The summed E-state index contributed by atoms with van der Waals surface area (Å²) in [6.45, 7) is 5.51. The minimum atomic E-state index is -0.208. The van der Waals surface area contributed by atoms with Crippen LogP contribution in [0.15, 0.2) is 30.3 Å². The molecule has 1 aliphatic heterocycles. The highest BCUT2D eigenvalue weighted by Crippen LogP contribution is 2.07. The normalized spacial score (nSPS) is 16.0. The molecule has 21 heavy (non-hydrogen) atoms. The Bertz CT molecular complexity index is 417. The Morgan fingerprint density at radius 2 is 1.81 bits per heavy atom. The van der Waals surface area contributed by atoms with Crippen LogP contribution in [0, 0.1) is 0 Å². The average Bonchev–Trinajstić information content (AvgIpc) is 2.54. The number of rotatable bonds is 6. The zero-order valence-electron chi connectivity index (χ0n) is 12.5. The van der Waals surface area contributed by atoms with Gasteiger partial charge in [-0.05, 0) is 31.5 Å². The Kier molecular flexibility index (Phi) is 6.50. The minimum absolute atomic E-state index is 0.208. The third-order valence-corrected chi connectivity index (χ3v) is 3.76. The van der Waals surface area contributed by atoms with Crippen LogP contribution in [0.1, 0.15) is 18.4 Å². The van der Waals surface area contributed by atoms with E-state index < -0.39 is 0 Å². The molecular weight excluding hydrogens is 266 g/mol. The Morgan fingerprint density at radius 3 is 2.48 bits per heavy atom. The molecule has 0 bridgehead atoms. The van der Waals surface area contributed by atoms with Crippen molar-refractivity contribution in [2.24, 2.45) is 5.73 Å². The van der Waals surface area contributed by atoms with Gasteiger partial charge >= 0.3 is 6.09 Å². The maximum Gasteiger partial charge on any atom is 0.410 e. The first-order valence-electron chi connectivity index (χ1n) is 7.67. The lowest BCUT2D eigenvalue weighted by atomic mass is 10.2.